The van der Waals surface area contributed by atoms with Gasteiger partial charge in [0.05, 0.1) is 18.2 Å². The molecule has 0 bridgehead atoms. The molecule has 1 aromatic carbocycles. The Morgan fingerprint density at radius 3 is 2.90 bits per heavy atom. The lowest BCUT2D eigenvalue weighted by Crippen LogP contribution is -2.51. The first-order valence-electron chi connectivity index (χ1n) is 6.67. The maximum absolute atomic E-state index is 12.6. The van der Waals surface area contributed by atoms with E-state index in [9.17, 15) is 9.59 Å². The first-order chi connectivity index (χ1) is 10.1. The fourth-order valence-corrected chi connectivity index (χ4v) is 2.53. The second-order valence-corrected chi connectivity index (χ2v) is 5.10. The maximum atomic E-state index is 12.6. The van der Waals surface area contributed by atoms with Gasteiger partial charge in [-0.25, -0.2) is 4.79 Å². The number of ether oxygens (including phenoxy) is 1. The largest absolute Gasteiger partial charge is 0.479 e. The number of H-pyrrole nitrogens is 1. The van der Waals surface area contributed by atoms with Crippen LogP contribution in [0.2, 0.25) is 0 Å². The molecular weight excluding hydrogens is 274 g/mol. The summed E-state index contributed by atoms with van der Waals surface area (Å²) in [6.07, 6.45) is -1.32. The van der Waals surface area contributed by atoms with Gasteiger partial charge in [0.2, 0.25) is 0 Å². The predicted octanol–water partition coefficient (Wildman–Crippen LogP) is 0.877. The molecule has 1 aliphatic rings. The van der Waals surface area contributed by atoms with Crippen molar-refractivity contribution < 1.29 is 19.4 Å². The van der Waals surface area contributed by atoms with Gasteiger partial charge in [-0.1, -0.05) is 18.2 Å². The van der Waals surface area contributed by atoms with Crippen LogP contribution in [-0.2, 0) is 9.53 Å². The molecule has 0 saturated carbocycles. The van der Waals surface area contributed by atoms with Gasteiger partial charge in [0.25, 0.3) is 5.91 Å². The number of morpholine rings is 1. The lowest BCUT2D eigenvalue weighted by Gasteiger charge is -2.34. The van der Waals surface area contributed by atoms with Crippen LogP contribution < -0.4 is 0 Å². The summed E-state index contributed by atoms with van der Waals surface area (Å²) in [5.74, 6) is -1.35. The van der Waals surface area contributed by atoms with Crippen molar-refractivity contribution in [1.29, 1.82) is 0 Å². The molecule has 0 radical (unpaired) electrons. The number of amides is 1. The molecular formula is C14H15N3O4. The van der Waals surface area contributed by atoms with Crippen LogP contribution in [0.1, 0.15) is 17.4 Å². The zero-order chi connectivity index (χ0) is 15.0. The lowest BCUT2D eigenvalue weighted by atomic mass is 10.1. The minimum Gasteiger partial charge on any atom is -0.479 e. The summed E-state index contributed by atoms with van der Waals surface area (Å²) in [5.41, 5.74) is 1.08. The quantitative estimate of drug-likeness (QED) is 0.855. The van der Waals surface area contributed by atoms with Crippen molar-refractivity contribution in [2.75, 3.05) is 13.1 Å². The first kappa shape index (κ1) is 13.6. The van der Waals surface area contributed by atoms with Gasteiger partial charge in [-0.15, -0.1) is 0 Å². The van der Waals surface area contributed by atoms with E-state index in [-0.39, 0.29) is 18.6 Å². The van der Waals surface area contributed by atoms with E-state index in [1.54, 1.807) is 6.92 Å². The number of aromatic amines is 1. The lowest BCUT2D eigenvalue weighted by molar-refractivity contribution is -0.160. The third-order valence-electron chi connectivity index (χ3n) is 3.50. The van der Waals surface area contributed by atoms with Crippen LogP contribution in [0.4, 0.5) is 0 Å². The number of carbonyl (C=O) groups is 2. The number of nitrogens with zero attached hydrogens (tertiary/aromatic N) is 2. The van der Waals surface area contributed by atoms with Crippen molar-refractivity contribution in [3.8, 4) is 0 Å². The maximum Gasteiger partial charge on any atom is 0.334 e. The molecule has 2 aromatic rings. The molecule has 1 aliphatic heterocycles. The van der Waals surface area contributed by atoms with Crippen molar-refractivity contribution in [3.05, 3.63) is 30.0 Å². The van der Waals surface area contributed by atoms with E-state index in [1.807, 2.05) is 24.3 Å². The number of carboxylic acids is 1. The van der Waals surface area contributed by atoms with E-state index in [0.29, 0.717) is 12.2 Å². The Morgan fingerprint density at radius 1 is 1.38 bits per heavy atom. The molecule has 7 heteroatoms. The molecule has 1 unspecified atom stereocenters. The highest BCUT2D eigenvalue weighted by atomic mass is 16.5. The molecule has 7 nitrogen and oxygen atoms in total. The van der Waals surface area contributed by atoms with E-state index in [1.165, 1.54) is 4.90 Å². The minimum atomic E-state index is -1.06. The van der Waals surface area contributed by atoms with Crippen molar-refractivity contribution in [2.45, 2.75) is 19.1 Å². The first-order valence-corrected chi connectivity index (χ1v) is 6.67. The molecule has 110 valence electrons. The number of carboxylic acid groups (broad SMARTS) is 1. The Labute approximate surface area is 120 Å². The average molecular weight is 289 g/mol. The van der Waals surface area contributed by atoms with E-state index < -0.39 is 12.1 Å². The van der Waals surface area contributed by atoms with Crippen molar-refractivity contribution >= 4 is 22.8 Å². The highest BCUT2D eigenvalue weighted by Gasteiger charge is 2.34. The number of hydrogen-bond acceptors (Lipinski definition) is 4. The molecule has 21 heavy (non-hydrogen) atoms. The van der Waals surface area contributed by atoms with E-state index in [2.05, 4.69) is 10.2 Å². The monoisotopic (exact) mass is 289 g/mol. The summed E-state index contributed by atoms with van der Waals surface area (Å²) in [6, 6.07) is 7.33. The van der Waals surface area contributed by atoms with Crippen molar-refractivity contribution in [3.63, 3.8) is 0 Å². The second kappa shape index (κ2) is 5.17. The molecule has 1 fully saturated rings. The van der Waals surface area contributed by atoms with E-state index in [4.69, 9.17) is 9.84 Å². The number of fused-ring (bicyclic) bond motifs is 1. The molecule has 3 rings (SSSR count). The van der Waals surface area contributed by atoms with Gasteiger partial charge in [0.15, 0.2) is 11.8 Å². The summed E-state index contributed by atoms with van der Waals surface area (Å²) in [4.78, 5) is 25.1. The van der Waals surface area contributed by atoms with Crippen molar-refractivity contribution in [2.24, 2.45) is 0 Å². The van der Waals surface area contributed by atoms with Crippen LogP contribution in [0.3, 0.4) is 0 Å². The number of aliphatic carboxylic acids is 1. The third kappa shape index (κ3) is 2.47. The molecule has 2 atom stereocenters. The Bertz CT molecular complexity index is 696. The van der Waals surface area contributed by atoms with E-state index in [0.717, 1.165) is 10.9 Å². The molecule has 1 saturated heterocycles. The highest BCUT2D eigenvalue weighted by molar-refractivity contribution is 6.04. The number of rotatable bonds is 2. The number of para-hydroxylation sites is 1. The molecule has 2 N–H and O–H groups in total. The number of benzene rings is 1. The van der Waals surface area contributed by atoms with Crippen LogP contribution >= 0.6 is 0 Å². The summed E-state index contributed by atoms with van der Waals surface area (Å²) < 4.78 is 5.31. The Morgan fingerprint density at radius 2 is 2.14 bits per heavy atom. The zero-order valence-corrected chi connectivity index (χ0v) is 11.4. The van der Waals surface area contributed by atoms with Gasteiger partial charge < -0.3 is 14.7 Å². The smallest absolute Gasteiger partial charge is 0.334 e. The summed E-state index contributed by atoms with van der Waals surface area (Å²) >= 11 is 0. The topological polar surface area (TPSA) is 95.5 Å². The molecule has 0 spiro atoms. The van der Waals surface area contributed by atoms with Crippen LogP contribution in [0.25, 0.3) is 10.9 Å². The fraction of sp³-hybridized carbons (Fsp3) is 0.357. The number of hydrogen-bond donors (Lipinski definition) is 2. The SMILES string of the molecule is C[C@@H]1CN(C(=O)c2n[nH]c3ccccc23)CC(C(=O)O)O1. The minimum absolute atomic E-state index is 0.0275. The molecule has 2 heterocycles. The van der Waals surface area contributed by atoms with Crippen LogP contribution in [0, 0.1) is 0 Å². The van der Waals surface area contributed by atoms with Crippen molar-refractivity contribution in [1.82, 2.24) is 15.1 Å². The summed E-state index contributed by atoms with van der Waals surface area (Å²) in [5, 5.41) is 16.7. The molecule has 0 aliphatic carbocycles. The van der Waals surface area contributed by atoms with Crippen LogP contribution in [-0.4, -0.2) is 57.4 Å². The van der Waals surface area contributed by atoms with Gasteiger partial charge in [0.1, 0.15) is 0 Å². The standard InChI is InChI=1S/C14H15N3O4/c1-8-6-17(7-11(21-8)14(19)20)13(18)12-9-4-2-3-5-10(9)15-16-12/h2-5,8,11H,6-7H2,1H3,(H,15,16)(H,19,20)/t8-,11?/m1/s1. The normalized spacial score (nSPS) is 22.4. The second-order valence-electron chi connectivity index (χ2n) is 5.10. The Hall–Kier alpha value is -2.41. The number of aromatic nitrogens is 2. The van der Waals surface area contributed by atoms with Gasteiger partial charge in [-0.3, -0.25) is 9.89 Å². The van der Waals surface area contributed by atoms with Gasteiger partial charge >= 0.3 is 5.97 Å². The molecule has 1 amide bonds. The van der Waals surface area contributed by atoms with Gasteiger partial charge in [0, 0.05) is 11.9 Å². The van der Waals surface area contributed by atoms with Gasteiger partial charge in [-0.2, -0.15) is 5.10 Å². The average Bonchev–Trinajstić information content (AvgIpc) is 2.89. The number of nitrogens with one attached hydrogen (secondary N) is 1. The Balaban J connectivity index is 1.89. The Kier molecular flexibility index (Phi) is 3.34. The van der Waals surface area contributed by atoms with Crippen LogP contribution in [0.5, 0.6) is 0 Å². The fourth-order valence-electron chi connectivity index (χ4n) is 2.53. The van der Waals surface area contributed by atoms with E-state index >= 15 is 0 Å². The zero-order valence-electron chi connectivity index (χ0n) is 11.4. The highest BCUT2D eigenvalue weighted by Crippen LogP contribution is 2.19. The molecule has 1 aromatic heterocycles. The van der Waals surface area contributed by atoms with Gasteiger partial charge in [-0.05, 0) is 13.0 Å². The number of carbonyl (C=O) groups excluding carboxylic acids is 1. The summed E-state index contributed by atoms with van der Waals surface area (Å²) in [7, 11) is 0. The van der Waals surface area contributed by atoms with Crippen LogP contribution in [0.15, 0.2) is 24.3 Å². The summed E-state index contributed by atoms with van der Waals surface area (Å²) in [6.45, 7) is 2.13. The third-order valence-corrected chi connectivity index (χ3v) is 3.50. The predicted molar refractivity (Wildman–Crippen MR) is 74.0 cm³/mol.